The quantitative estimate of drug-likeness (QED) is 0.820. The Kier molecular flexibility index (Phi) is 2.61. The summed E-state index contributed by atoms with van der Waals surface area (Å²) in [6.07, 6.45) is -0.0586. The van der Waals surface area contributed by atoms with Gasteiger partial charge in [-0.2, -0.15) is 0 Å². The van der Waals surface area contributed by atoms with Crippen LogP contribution in [0.2, 0.25) is 0 Å². The largest absolute Gasteiger partial charge is 0.376 e. The third-order valence-electron chi connectivity index (χ3n) is 3.24. The Morgan fingerprint density at radius 2 is 2.06 bits per heavy atom. The molecule has 2 heterocycles. The van der Waals surface area contributed by atoms with E-state index in [1.165, 1.54) is 11.1 Å². The third-order valence-corrected chi connectivity index (χ3v) is 3.24. The Labute approximate surface area is 100.0 Å². The van der Waals surface area contributed by atoms with Gasteiger partial charge in [0.1, 0.15) is 11.9 Å². The van der Waals surface area contributed by atoms with Gasteiger partial charge in [-0.25, -0.2) is 4.98 Å². The maximum Gasteiger partial charge on any atom is 0.138 e. The Morgan fingerprint density at radius 1 is 1.24 bits per heavy atom. The smallest absolute Gasteiger partial charge is 0.138 e. The molecule has 0 spiro atoms. The van der Waals surface area contributed by atoms with Gasteiger partial charge in [0.15, 0.2) is 0 Å². The highest BCUT2D eigenvalue weighted by atomic mass is 16.6. The average molecular weight is 232 g/mol. The maximum absolute atomic E-state index is 5.64. The molecule has 1 aromatic heterocycles. The number of aromatic nitrogens is 2. The van der Waals surface area contributed by atoms with Crippen LogP contribution in [-0.2, 0) is 9.47 Å². The standard InChI is InChI=1S/C13H16N2O2/c1-8-5-10-11(6-9(8)2)15-13(14-10)12-7-16-3-4-17-12/h5-6,12H,3-4,7H2,1-2H3,(H,14,15). The molecule has 1 aromatic carbocycles. The molecule has 90 valence electrons. The summed E-state index contributed by atoms with van der Waals surface area (Å²) in [7, 11) is 0. The van der Waals surface area contributed by atoms with Gasteiger partial charge < -0.3 is 14.5 Å². The molecule has 4 heteroatoms. The minimum Gasteiger partial charge on any atom is -0.376 e. The van der Waals surface area contributed by atoms with E-state index in [0.717, 1.165) is 16.9 Å². The van der Waals surface area contributed by atoms with Gasteiger partial charge in [0.25, 0.3) is 0 Å². The molecule has 17 heavy (non-hydrogen) atoms. The van der Waals surface area contributed by atoms with Crippen molar-refractivity contribution >= 4 is 11.0 Å². The molecular formula is C13H16N2O2. The normalized spacial score (nSPS) is 20.9. The summed E-state index contributed by atoms with van der Waals surface area (Å²) in [5, 5.41) is 0. The molecule has 1 aliphatic rings. The predicted molar refractivity (Wildman–Crippen MR) is 65.1 cm³/mol. The fraction of sp³-hybridized carbons (Fsp3) is 0.462. The van der Waals surface area contributed by atoms with Crippen molar-refractivity contribution in [3.05, 3.63) is 29.1 Å². The van der Waals surface area contributed by atoms with Gasteiger partial charge in [0.2, 0.25) is 0 Å². The summed E-state index contributed by atoms with van der Waals surface area (Å²) in [5.41, 5.74) is 4.60. The number of hydrogen-bond acceptors (Lipinski definition) is 3. The van der Waals surface area contributed by atoms with E-state index in [1.807, 2.05) is 0 Å². The number of benzene rings is 1. The molecule has 1 N–H and O–H groups in total. The van der Waals surface area contributed by atoms with E-state index >= 15 is 0 Å². The van der Waals surface area contributed by atoms with Crippen molar-refractivity contribution in [2.45, 2.75) is 20.0 Å². The van der Waals surface area contributed by atoms with Crippen LogP contribution in [0.25, 0.3) is 11.0 Å². The Balaban J connectivity index is 2.00. The summed E-state index contributed by atoms with van der Waals surface area (Å²) >= 11 is 0. The average Bonchev–Trinajstić information content (AvgIpc) is 2.74. The Morgan fingerprint density at radius 3 is 2.82 bits per heavy atom. The van der Waals surface area contributed by atoms with Crippen LogP contribution in [0.1, 0.15) is 23.1 Å². The molecule has 0 saturated carbocycles. The number of rotatable bonds is 1. The first-order valence-corrected chi connectivity index (χ1v) is 5.90. The van der Waals surface area contributed by atoms with Gasteiger partial charge in [-0.1, -0.05) is 0 Å². The second kappa shape index (κ2) is 4.13. The van der Waals surface area contributed by atoms with Gasteiger partial charge in [0, 0.05) is 0 Å². The zero-order chi connectivity index (χ0) is 11.8. The number of ether oxygens (including phenoxy) is 2. The van der Waals surface area contributed by atoms with E-state index < -0.39 is 0 Å². The van der Waals surface area contributed by atoms with Crippen LogP contribution in [0.3, 0.4) is 0 Å². The molecule has 0 amide bonds. The number of fused-ring (bicyclic) bond motifs is 1. The van der Waals surface area contributed by atoms with E-state index in [4.69, 9.17) is 9.47 Å². The van der Waals surface area contributed by atoms with Crippen LogP contribution in [0.5, 0.6) is 0 Å². The SMILES string of the molecule is Cc1cc2nc(C3COCCO3)[nH]c2cc1C. The van der Waals surface area contributed by atoms with Gasteiger partial charge in [0.05, 0.1) is 30.9 Å². The van der Waals surface area contributed by atoms with Crippen LogP contribution >= 0.6 is 0 Å². The molecule has 1 unspecified atom stereocenters. The number of hydrogen-bond donors (Lipinski definition) is 1. The number of aryl methyl sites for hydroxylation is 2. The van der Waals surface area contributed by atoms with Crippen molar-refractivity contribution in [1.82, 2.24) is 9.97 Å². The molecular weight excluding hydrogens is 216 g/mol. The summed E-state index contributed by atoms with van der Waals surface area (Å²) in [4.78, 5) is 7.90. The van der Waals surface area contributed by atoms with E-state index in [1.54, 1.807) is 0 Å². The highest BCUT2D eigenvalue weighted by molar-refractivity contribution is 5.77. The second-order valence-electron chi connectivity index (χ2n) is 4.51. The first kappa shape index (κ1) is 10.7. The predicted octanol–water partition coefficient (Wildman–Crippen LogP) is 2.27. The van der Waals surface area contributed by atoms with E-state index in [9.17, 15) is 0 Å². The number of aromatic amines is 1. The van der Waals surface area contributed by atoms with E-state index in [2.05, 4.69) is 35.9 Å². The van der Waals surface area contributed by atoms with Gasteiger partial charge >= 0.3 is 0 Å². The van der Waals surface area contributed by atoms with Crippen molar-refractivity contribution < 1.29 is 9.47 Å². The second-order valence-corrected chi connectivity index (χ2v) is 4.51. The van der Waals surface area contributed by atoms with Crippen LogP contribution in [0.15, 0.2) is 12.1 Å². The zero-order valence-electron chi connectivity index (χ0n) is 10.1. The molecule has 2 aromatic rings. The van der Waals surface area contributed by atoms with Crippen LogP contribution in [0, 0.1) is 13.8 Å². The van der Waals surface area contributed by atoms with Crippen molar-refractivity contribution in [1.29, 1.82) is 0 Å². The molecule has 1 fully saturated rings. The van der Waals surface area contributed by atoms with Crippen molar-refractivity contribution in [3.8, 4) is 0 Å². The number of imidazole rings is 1. The number of H-pyrrole nitrogens is 1. The lowest BCUT2D eigenvalue weighted by molar-refractivity contribution is -0.0931. The molecule has 4 nitrogen and oxygen atoms in total. The fourth-order valence-corrected chi connectivity index (χ4v) is 2.09. The molecule has 0 aliphatic carbocycles. The highest BCUT2D eigenvalue weighted by Gasteiger charge is 2.20. The zero-order valence-corrected chi connectivity index (χ0v) is 10.1. The fourth-order valence-electron chi connectivity index (χ4n) is 2.09. The highest BCUT2D eigenvalue weighted by Crippen LogP contribution is 2.23. The van der Waals surface area contributed by atoms with Crippen molar-refractivity contribution in [2.24, 2.45) is 0 Å². The molecule has 1 aliphatic heterocycles. The molecule has 3 rings (SSSR count). The summed E-state index contributed by atoms with van der Waals surface area (Å²) in [6, 6.07) is 4.24. The Hall–Kier alpha value is -1.39. The van der Waals surface area contributed by atoms with Crippen LogP contribution in [0.4, 0.5) is 0 Å². The first-order valence-electron chi connectivity index (χ1n) is 5.90. The van der Waals surface area contributed by atoms with E-state index in [-0.39, 0.29) is 6.10 Å². The molecule has 1 atom stereocenters. The lowest BCUT2D eigenvalue weighted by atomic mass is 10.1. The first-order chi connectivity index (χ1) is 8.24. The van der Waals surface area contributed by atoms with Crippen molar-refractivity contribution in [2.75, 3.05) is 19.8 Å². The summed E-state index contributed by atoms with van der Waals surface area (Å²) in [5.74, 6) is 0.865. The number of nitrogens with one attached hydrogen (secondary N) is 1. The topological polar surface area (TPSA) is 47.1 Å². The molecule has 1 saturated heterocycles. The van der Waals surface area contributed by atoms with Gasteiger partial charge in [-0.3, -0.25) is 0 Å². The summed E-state index contributed by atoms with van der Waals surface area (Å²) < 4.78 is 11.0. The van der Waals surface area contributed by atoms with Gasteiger partial charge in [-0.05, 0) is 37.1 Å². The maximum atomic E-state index is 5.64. The molecule has 0 bridgehead atoms. The van der Waals surface area contributed by atoms with Crippen molar-refractivity contribution in [3.63, 3.8) is 0 Å². The Bertz CT molecular complexity index is 503. The lowest BCUT2D eigenvalue weighted by Crippen LogP contribution is -2.22. The van der Waals surface area contributed by atoms with Gasteiger partial charge in [-0.15, -0.1) is 0 Å². The minimum atomic E-state index is -0.0586. The third kappa shape index (κ3) is 1.94. The monoisotopic (exact) mass is 232 g/mol. The number of nitrogens with zero attached hydrogens (tertiary/aromatic N) is 1. The van der Waals surface area contributed by atoms with E-state index in [0.29, 0.717) is 19.8 Å². The van der Waals surface area contributed by atoms with Crippen LogP contribution in [-0.4, -0.2) is 29.8 Å². The lowest BCUT2D eigenvalue weighted by Gasteiger charge is -2.20. The van der Waals surface area contributed by atoms with Crippen LogP contribution < -0.4 is 0 Å². The minimum absolute atomic E-state index is 0.0586. The summed E-state index contributed by atoms with van der Waals surface area (Å²) in [6.45, 7) is 6.10. The molecule has 0 radical (unpaired) electrons.